The van der Waals surface area contributed by atoms with Crippen molar-refractivity contribution in [2.75, 3.05) is 70.8 Å². The molecule has 8 nitrogen and oxygen atoms in total. The van der Waals surface area contributed by atoms with Crippen LogP contribution in [0.2, 0.25) is 5.02 Å². The number of hydrogen-bond acceptors (Lipinski definition) is 6. The second-order valence-corrected chi connectivity index (χ2v) is 13.4. The van der Waals surface area contributed by atoms with Gasteiger partial charge in [-0.15, -0.1) is 0 Å². The molecule has 0 saturated carbocycles. The first-order valence-electron chi connectivity index (χ1n) is 15.6. The van der Waals surface area contributed by atoms with Crippen molar-refractivity contribution < 1.29 is 23.5 Å². The Bertz CT molecular complexity index is 1090. The molecule has 2 saturated heterocycles. The molecular formula is C34H55Cl2F2N5O3. The highest BCUT2D eigenvalue weighted by Gasteiger charge is 2.27. The molecule has 1 aromatic rings. The molecule has 2 atom stereocenters. The topological polar surface area (TPSA) is 96.9 Å². The van der Waals surface area contributed by atoms with E-state index in [-0.39, 0.29) is 22.6 Å². The Morgan fingerprint density at radius 3 is 2.15 bits per heavy atom. The molecule has 0 aromatic heterocycles. The van der Waals surface area contributed by atoms with Gasteiger partial charge in [0, 0.05) is 57.4 Å². The SMILES string of the molecule is C=C(F)/C(Cl)=C\C=C/C.CC(C)(C)C.CC1CNCC1c1cc(F)c(Cl)cc1NC=O.O=CNCCCN1CCN(CCO)CC1. The molecule has 2 heterocycles. The number of piperazine rings is 1. The lowest BCUT2D eigenvalue weighted by molar-refractivity contribution is -0.109. The lowest BCUT2D eigenvalue weighted by atomic mass is 9.89. The maximum Gasteiger partial charge on any atom is 0.211 e. The molecule has 2 aliphatic rings. The first kappa shape index (κ1) is 43.7. The van der Waals surface area contributed by atoms with Crippen molar-refractivity contribution in [2.24, 2.45) is 11.3 Å². The zero-order valence-corrected chi connectivity index (χ0v) is 29.9. The fraction of sp³-hybridized carbons (Fsp3) is 0.588. The molecule has 2 fully saturated rings. The average molecular weight is 691 g/mol. The summed E-state index contributed by atoms with van der Waals surface area (Å²) in [4.78, 5) is 25.3. The van der Waals surface area contributed by atoms with Crippen LogP contribution >= 0.6 is 23.2 Å². The summed E-state index contributed by atoms with van der Waals surface area (Å²) >= 11 is 11.0. The van der Waals surface area contributed by atoms with Gasteiger partial charge >= 0.3 is 0 Å². The van der Waals surface area contributed by atoms with Gasteiger partial charge in [-0.3, -0.25) is 14.5 Å². The summed E-state index contributed by atoms with van der Waals surface area (Å²) in [7, 11) is 0. The molecule has 0 bridgehead atoms. The predicted molar refractivity (Wildman–Crippen MR) is 189 cm³/mol. The number of allylic oxidation sites excluding steroid dienone is 5. The number of nitrogens with one attached hydrogen (secondary N) is 3. The second kappa shape index (κ2) is 24.8. The van der Waals surface area contributed by atoms with Gasteiger partial charge < -0.3 is 26.0 Å². The Morgan fingerprint density at radius 2 is 1.70 bits per heavy atom. The van der Waals surface area contributed by atoms with Gasteiger partial charge in [-0.25, -0.2) is 8.78 Å². The summed E-state index contributed by atoms with van der Waals surface area (Å²) in [5.41, 5.74) is 1.89. The third-order valence-electron chi connectivity index (χ3n) is 6.68. The Balaban J connectivity index is 0.000000638. The van der Waals surface area contributed by atoms with Crippen molar-refractivity contribution >= 4 is 41.7 Å². The summed E-state index contributed by atoms with van der Waals surface area (Å²) in [6.07, 6.45) is 7.19. The van der Waals surface area contributed by atoms with Crippen LogP contribution in [0, 0.1) is 17.2 Å². The minimum atomic E-state index is -0.602. The van der Waals surface area contributed by atoms with E-state index >= 15 is 0 Å². The molecule has 0 aliphatic carbocycles. The minimum Gasteiger partial charge on any atom is -0.395 e. The molecule has 1 aromatic carbocycles. The fourth-order valence-electron chi connectivity index (χ4n) is 4.40. The number of carbonyl (C=O) groups excluding carboxylic acids is 2. The highest BCUT2D eigenvalue weighted by molar-refractivity contribution is 6.31. The molecule has 2 unspecified atom stereocenters. The number of amides is 2. The van der Waals surface area contributed by atoms with Crippen LogP contribution in [0.15, 0.2) is 47.8 Å². The van der Waals surface area contributed by atoms with Gasteiger partial charge in [-0.1, -0.05) is 76.6 Å². The van der Waals surface area contributed by atoms with E-state index in [0.29, 0.717) is 23.4 Å². The van der Waals surface area contributed by atoms with Crippen molar-refractivity contribution in [1.82, 2.24) is 20.4 Å². The smallest absolute Gasteiger partial charge is 0.211 e. The molecular weight excluding hydrogens is 635 g/mol. The number of benzene rings is 1. The van der Waals surface area contributed by atoms with Crippen LogP contribution < -0.4 is 16.0 Å². The third-order valence-corrected chi connectivity index (χ3v) is 7.30. The minimum absolute atomic E-state index is 0.0247. The number of β-amino-alcohol motifs (C(OH)–C–C–N with tert-alkyl or cyclic N) is 1. The van der Waals surface area contributed by atoms with Crippen LogP contribution in [-0.4, -0.2) is 93.2 Å². The maximum atomic E-state index is 13.5. The van der Waals surface area contributed by atoms with Crippen LogP contribution in [0.5, 0.6) is 0 Å². The molecule has 12 heteroatoms. The molecule has 0 radical (unpaired) electrons. The molecule has 3 rings (SSSR count). The molecule has 0 spiro atoms. The van der Waals surface area contributed by atoms with Gasteiger partial charge in [0.2, 0.25) is 12.8 Å². The van der Waals surface area contributed by atoms with E-state index in [1.54, 1.807) is 12.2 Å². The Labute approximate surface area is 285 Å². The largest absolute Gasteiger partial charge is 0.395 e. The predicted octanol–water partition coefficient (Wildman–Crippen LogP) is 6.32. The van der Waals surface area contributed by atoms with Crippen LogP contribution in [0.3, 0.4) is 0 Å². The zero-order valence-electron chi connectivity index (χ0n) is 28.4. The van der Waals surface area contributed by atoms with E-state index in [1.165, 1.54) is 18.2 Å². The van der Waals surface area contributed by atoms with Crippen molar-refractivity contribution in [3.05, 3.63) is 64.2 Å². The molecule has 2 aliphatic heterocycles. The molecule has 262 valence electrons. The van der Waals surface area contributed by atoms with E-state index in [4.69, 9.17) is 28.3 Å². The number of nitrogens with zero attached hydrogens (tertiary/aromatic N) is 2. The molecule has 2 amide bonds. The van der Waals surface area contributed by atoms with Crippen LogP contribution in [-0.2, 0) is 9.59 Å². The number of hydrogen-bond donors (Lipinski definition) is 4. The lowest BCUT2D eigenvalue weighted by Gasteiger charge is -2.34. The van der Waals surface area contributed by atoms with Crippen molar-refractivity contribution in [3.63, 3.8) is 0 Å². The first-order chi connectivity index (χ1) is 21.7. The number of aliphatic hydroxyl groups is 1. The molecule has 46 heavy (non-hydrogen) atoms. The van der Waals surface area contributed by atoms with Crippen molar-refractivity contribution in [2.45, 2.75) is 53.9 Å². The average Bonchev–Trinajstić information content (AvgIpc) is 3.42. The summed E-state index contributed by atoms with van der Waals surface area (Å²) in [5.74, 6) is -0.445. The van der Waals surface area contributed by atoms with Gasteiger partial charge in [0.25, 0.3) is 0 Å². The highest BCUT2D eigenvalue weighted by Crippen LogP contribution is 2.35. The number of aliphatic hydroxyl groups excluding tert-OH is 1. The summed E-state index contributed by atoms with van der Waals surface area (Å²) in [6, 6.07) is 2.88. The van der Waals surface area contributed by atoms with Gasteiger partial charge in [-0.2, -0.15) is 0 Å². The summed E-state index contributed by atoms with van der Waals surface area (Å²) < 4.78 is 25.5. The second-order valence-electron chi connectivity index (χ2n) is 12.6. The fourth-order valence-corrected chi connectivity index (χ4v) is 4.63. The van der Waals surface area contributed by atoms with E-state index in [1.807, 2.05) is 6.92 Å². The number of rotatable bonds is 12. The van der Waals surface area contributed by atoms with Gasteiger partial charge in [0.05, 0.1) is 16.7 Å². The lowest BCUT2D eigenvalue weighted by Crippen LogP contribution is -2.47. The zero-order chi connectivity index (χ0) is 35.1. The third kappa shape index (κ3) is 20.7. The van der Waals surface area contributed by atoms with Crippen LogP contribution in [0.1, 0.15) is 59.4 Å². The van der Waals surface area contributed by atoms with Crippen molar-refractivity contribution in [1.29, 1.82) is 0 Å². The van der Waals surface area contributed by atoms with Crippen molar-refractivity contribution in [3.8, 4) is 0 Å². The maximum absolute atomic E-state index is 13.5. The van der Waals surface area contributed by atoms with E-state index in [9.17, 15) is 18.4 Å². The van der Waals surface area contributed by atoms with E-state index in [0.717, 1.165) is 77.3 Å². The quantitative estimate of drug-likeness (QED) is 0.117. The molecule has 4 N–H and O–H groups in total. The summed E-state index contributed by atoms with van der Waals surface area (Å²) in [6.45, 7) is 24.4. The Hall–Kier alpha value is -2.34. The Kier molecular flexibility index (Phi) is 23.5. The van der Waals surface area contributed by atoms with Gasteiger partial charge in [0.15, 0.2) is 0 Å². The monoisotopic (exact) mass is 689 g/mol. The highest BCUT2D eigenvalue weighted by atomic mass is 35.5. The number of halogens is 4. The standard InChI is InChI=1S/C12H14ClFN2O.C10H21N3O2.C7H8ClF.C5H12/c1-7-4-15-5-9(7)8-2-11(14)10(13)3-12(8)16-6-17;14-9-8-13-6-4-12(5-7-13)3-1-2-11-10-15;1-3-4-5-7(8)6(2)9;1-5(2,3)4/h2-3,6-7,9,15H,4-5H2,1H3,(H,16,17);10,14H,1-9H2,(H,11,15);3-5H,2H2,1H3;1-4H3/b;;4-3-,7-5+;. The van der Waals surface area contributed by atoms with Crippen LogP contribution in [0.4, 0.5) is 14.5 Å². The van der Waals surface area contributed by atoms with E-state index < -0.39 is 11.6 Å². The van der Waals surface area contributed by atoms with Crippen LogP contribution in [0.25, 0.3) is 0 Å². The summed E-state index contributed by atoms with van der Waals surface area (Å²) in [5, 5.41) is 17.4. The van der Waals surface area contributed by atoms with E-state index in [2.05, 4.69) is 66.9 Å². The van der Waals surface area contributed by atoms with Gasteiger partial charge in [-0.05, 0) is 61.5 Å². The Morgan fingerprint density at radius 1 is 1.11 bits per heavy atom. The normalized spacial score (nSPS) is 18.7. The number of carbonyl (C=O) groups is 2. The van der Waals surface area contributed by atoms with Gasteiger partial charge in [0.1, 0.15) is 11.6 Å². The number of anilines is 1. The first-order valence-corrected chi connectivity index (χ1v) is 16.4.